The maximum Gasteiger partial charge on any atom is 0.305 e. The number of hydrogen-bond donors (Lipinski definition) is 3. The Balaban J connectivity index is 1.18. The van der Waals surface area contributed by atoms with Gasteiger partial charge in [-0.25, -0.2) is 4.39 Å². The zero-order valence-electron chi connectivity index (χ0n) is 32.6. The van der Waals surface area contributed by atoms with Crippen LogP contribution in [0.25, 0.3) is 22.3 Å². The quantitative estimate of drug-likeness (QED) is 0.0789. The predicted octanol–water partition coefficient (Wildman–Crippen LogP) is 8.46. The van der Waals surface area contributed by atoms with E-state index in [0.29, 0.717) is 59.2 Å². The van der Waals surface area contributed by atoms with E-state index in [1.807, 2.05) is 56.3 Å². The van der Waals surface area contributed by atoms with Gasteiger partial charge in [0.25, 0.3) is 0 Å². The highest BCUT2D eigenvalue weighted by Crippen LogP contribution is 2.38. The molecule has 2 atom stereocenters. The van der Waals surface area contributed by atoms with Gasteiger partial charge in [0.05, 0.1) is 29.2 Å². The van der Waals surface area contributed by atoms with Crippen molar-refractivity contribution in [1.82, 2.24) is 9.88 Å². The number of carboxylic acids is 1. The van der Waals surface area contributed by atoms with Crippen LogP contribution in [0.2, 0.25) is 5.02 Å². The molecule has 0 bridgehead atoms. The molecule has 302 valence electrons. The van der Waals surface area contributed by atoms with Gasteiger partial charge in [0, 0.05) is 43.7 Å². The maximum atomic E-state index is 15.4. The molecule has 58 heavy (non-hydrogen) atoms. The fraction of sp³-hybridized carbons (Fsp3) is 0.326. The molecule has 0 unspecified atom stereocenters. The number of pyridine rings is 1. The lowest BCUT2D eigenvalue weighted by Gasteiger charge is -2.19. The van der Waals surface area contributed by atoms with Gasteiger partial charge >= 0.3 is 5.97 Å². The number of ether oxygens (including phenoxy) is 3. The summed E-state index contributed by atoms with van der Waals surface area (Å²) in [5.41, 5.74) is 7.95. The molecule has 1 aliphatic heterocycles. The fourth-order valence-corrected chi connectivity index (χ4v) is 7.48. The maximum absolute atomic E-state index is 15.4. The molecule has 0 saturated carbocycles. The Hall–Kier alpha value is -5.51. The van der Waals surface area contributed by atoms with Crippen molar-refractivity contribution in [2.45, 2.75) is 71.4 Å². The topological polar surface area (TPSA) is 145 Å². The molecule has 0 spiro atoms. The number of aromatic nitrogens is 1. The van der Waals surface area contributed by atoms with Crippen molar-refractivity contribution in [2.24, 2.45) is 0 Å². The van der Waals surface area contributed by atoms with E-state index in [4.69, 9.17) is 30.9 Å². The second-order valence-corrected chi connectivity index (χ2v) is 15.0. The number of carbonyl (C=O) groups is 1. The van der Waals surface area contributed by atoms with E-state index >= 15 is 4.39 Å². The second-order valence-electron chi connectivity index (χ2n) is 14.6. The Labute approximate surface area is 343 Å². The average molecular weight is 808 g/mol. The summed E-state index contributed by atoms with van der Waals surface area (Å²) in [6.07, 6.45) is 3.48. The van der Waals surface area contributed by atoms with Crippen LogP contribution in [0.15, 0.2) is 85.2 Å². The lowest BCUT2D eigenvalue weighted by Crippen LogP contribution is -2.27. The Kier molecular flexibility index (Phi) is 14.3. The van der Waals surface area contributed by atoms with Gasteiger partial charge in [-0.05, 0) is 120 Å². The van der Waals surface area contributed by atoms with Gasteiger partial charge in [0.2, 0.25) is 0 Å². The highest BCUT2D eigenvalue weighted by atomic mass is 35.5. The number of aliphatic carboxylic acids is 1. The number of halogens is 2. The first kappa shape index (κ1) is 42.1. The lowest BCUT2D eigenvalue weighted by molar-refractivity contribution is -0.139. The van der Waals surface area contributed by atoms with Gasteiger partial charge in [-0.1, -0.05) is 41.9 Å². The van der Waals surface area contributed by atoms with Crippen LogP contribution in [-0.2, 0) is 24.4 Å². The van der Waals surface area contributed by atoms with E-state index in [0.717, 1.165) is 64.2 Å². The Morgan fingerprint density at radius 2 is 1.74 bits per heavy atom. The number of carboxylic acid groups (broad SMARTS) is 1. The summed E-state index contributed by atoms with van der Waals surface area (Å²) in [4.78, 5) is 17.3. The van der Waals surface area contributed by atoms with Crippen molar-refractivity contribution in [3.8, 4) is 45.6 Å². The van der Waals surface area contributed by atoms with Crippen molar-refractivity contribution < 1.29 is 38.7 Å². The highest BCUT2D eigenvalue weighted by molar-refractivity contribution is 6.32. The number of aliphatic hydroxyl groups is 2. The molecule has 1 aliphatic rings. The van der Waals surface area contributed by atoms with E-state index < -0.39 is 17.9 Å². The van der Waals surface area contributed by atoms with Crippen LogP contribution >= 0.6 is 11.6 Å². The summed E-state index contributed by atoms with van der Waals surface area (Å²) in [5.74, 6) is 0.0740. The molecular formula is C46H47ClFN3O7. The van der Waals surface area contributed by atoms with Gasteiger partial charge in [0.15, 0.2) is 0 Å². The summed E-state index contributed by atoms with van der Waals surface area (Å²) in [7, 11) is 0. The van der Waals surface area contributed by atoms with Crippen LogP contribution in [0.4, 0.5) is 4.39 Å². The normalized spacial score (nSPS) is 14.5. The first-order chi connectivity index (χ1) is 28.0. The second kappa shape index (κ2) is 19.8. The largest absolute Gasteiger partial charge is 0.492 e. The van der Waals surface area contributed by atoms with Gasteiger partial charge < -0.3 is 29.5 Å². The molecule has 5 aromatic rings. The van der Waals surface area contributed by atoms with Crippen LogP contribution in [0, 0.1) is 31.0 Å². The number of benzene rings is 4. The summed E-state index contributed by atoms with van der Waals surface area (Å²) in [6, 6.07) is 24.1. The molecule has 3 N–H and O–H groups in total. The van der Waals surface area contributed by atoms with Gasteiger partial charge in [0.1, 0.15) is 49.0 Å². The van der Waals surface area contributed by atoms with Crippen molar-refractivity contribution >= 4 is 17.6 Å². The van der Waals surface area contributed by atoms with E-state index in [2.05, 4.69) is 16.0 Å². The number of nitrogens with zero attached hydrogens (tertiary/aromatic N) is 3. The molecule has 12 heteroatoms. The SMILES string of the molecule is Cc1c(COc2cc(OCc3cncc(C#N)c3)c(CCC[C@@H](O)CC(=O)O)cc2Cl)cc(F)cc1-c1cccc(-c2ccc(OCCN3CC[C@@H](O)C3)cc2)c1C. The van der Waals surface area contributed by atoms with E-state index in [-0.39, 0.29) is 32.2 Å². The van der Waals surface area contributed by atoms with Crippen LogP contribution in [0.5, 0.6) is 17.2 Å². The molecule has 1 aromatic heterocycles. The number of rotatable bonds is 18. The Morgan fingerprint density at radius 3 is 2.48 bits per heavy atom. The fourth-order valence-electron chi connectivity index (χ4n) is 7.24. The minimum Gasteiger partial charge on any atom is -0.492 e. The first-order valence-electron chi connectivity index (χ1n) is 19.3. The molecule has 6 rings (SSSR count). The summed E-state index contributed by atoms with van der Waals surface area (Å²) in [5, 5.41) is 38.5. The molecule has 10 nitrogen and oxygen atoms in total. The van der Waals surface area contributed by atoms with E-state index in [9.17, 15) is 20.3 Å². The summed E-state index contributed by atoms with van der Waals surface area (Å²) in [6.45, 7) is 6.96. The number of nitriles is 1. The van der Waals surface area contributed by atoms with Crippen molar-refractivity contribution in [3.05, 3.63) is 129 Å². The molecule has 2 heterocycles. The predicted molar refractivity (Wildman–Crippen MR) is 220 cm³/mol. The summed E-state index contributed by atoms with van der Waals surface area (Å²) < 4.78 is 33.8. The number of aliphatic hydroxyl groups excluding tert-OH is 2. The molecule has 1 saturated heterocycles. The van der Waals surface area contributed by atoms with Gasteiger partial charge in [-0.3, -0.25) is 14.7 Å². The van der Waals surface area contributed by atoms with Crippen molar-refractivity contribution in [1.29, 1.82) is 5.26 Å². The zero-order chi connectivity index (χ0) is 41.2. The minimum atomic E-state index is -1.07. The number of aryl methyl sites for hydroxylation is 1. The van der Waals surface area contributed by atoms with E-state index in [1.165, 1.54) is 12.3 Å². The zero-order valence-corrected chi connectivity index (χ0v) is 33.3. The highest BCUT2D eigenvalue weighted by Gasteiger charge is 2.20. The molecule has 0 aliphatic carbocycles. The van der Waals surface area contributed by atoms with Crippen LogP contribution in [0.3, 0.4) is 0 Å². The third-order valence-electron chi connectivity index (χ3n) is 10.4. The standard InChI is InChI=1S/C46H47ClFN3O7/c1-29-35(28-58-45-22-44(57-27-32-17-31(23-49)24-50-25-32)34(19-43(45)47)5-3-6-37(52)21-46(54)55)18-36(48)20-42(29)41-8-4-7-40(30(41)2)33-9-11-39(12-10-33)56-16-15-51-14-13-38(53)26-51/h4,7-12,17-20,22,24-25,37-38,52-53H,3,5-6,13-16,21,26-28H2,1-2H3,(H,54,55)/t37-,38-/m1/s1. The first-order valence-corrected chi connectivity index (χ1v) is 19.7. The Bertz CT molecular complexity index is 2260. The van der Waals surface area contributed by atoms with E-state index in [1.54, 1.807) is 30.5 Å². The molecule has 4 aromatic carbocycles. The molecular weight excluding hydrogens is 761 g/mol. The lowest BCUT2D eigenvalue weighted by atomic mass is 9.89. The third kappa shape index (κ3) is 11.1. The molecule has 0 radical (unpaired) electrons. The smallest absolute Gasteiger partial charge is 0.305 e. The number of hydrogen-bond acceptors (Lipinski definition) is 9. The monoisotopic (exact) mass is 807 g/mol. The molecule has 0 amide bonds. The van der Waals surface area contributed by atoms with Gasteiger partial charge in [-0.2, -0.15) is 5.26 Å². The molecule has 1 fully saturated rings. The third-order valence-corrected chi connectivity index (χ3v) is 10.7. The number of likely N-dealkylation sites (tertiary alicyclic amines) is 1. The van der Waals surface area contributed by atoms with Crippen LogP contribution in [0.1, 0.15) is 59.1 Å². The number of β-amino-alcohol motifs (C(OH)–C–C–N with tert-alkyl or cyclic N) is 1. The minimum absolute atomic E-state index is 0.0170. The van der Waals surface area contributed by atoms with Gasteiger partial charge in [-0.15, -0.1) is 0 Å². The summed E-state index contributed by atoms with van der Waals surface area (Å²) >= 11 is 6.75. The van der Waals surface area contributed by atoms with Crippen molar-refractivity contribution in [3.63, 3.8) is 0 Å². The van der Waals surface area contributed by atoms with Crippen LogP contribution in [-0.4, -0.2) is 69.6 Å². The van der Waals surface area contributed by atoms with Crippen LogP contribution < -0.4 is 14.2 Å². The van der Waals surface area contributed by atoms with Crippen molar-refractivity contribution in [2.75, 3.05) is 26.2 Å². The Morgan fingerprint density at radius 1 is 0.966 bits per heavy atom. The average Bonchev–Trinajstić information content (AvgIpc) is 3.62.